The van der Waals surface area contributed by atoms with Crippen molar-refractivity contribution in [3.63, 3.8) is 0 Å². The molecule has 190 valence electrons. The Kier molecular flexibility index (Phi) is 7.34. The SMILES string of the molecule is Cc1cc(Cl)cc(-c2nnc(-c3cccnc3)o2)c1NC(=S)NC(=O)c1cc(Cl)nn1-c1ncccc1Cl. The molecule has 38 heavy (non-hydrogen) atoms. The van der Waals surface area contributed by atoms with Crippen LogP contribution >= 0.6 is 47.0 Å². The molecule has 0 aliphatic rings. The lowest BCUT2D eigenvalue weighted by Gasteiger charge is -2.15. The molecule has 5 rings (SSSR count). The fourth-order valence-electron chi connectivity index (χ4n) is 3.54. The number of hydrogen-bond donors (Lipinski definition) is 2. The molecule has 5 aromatic rings. The number of nitrogens with one attached hydrogen (secondary N) is 2. The van der Waals surface area contributed by atoms with Crippen molar-refractivity contribution in [1.82, 2.24) is 35.3 Å². The smallest absolute Gasteiger partial charge is 0.276 e. The van der Waals surface area contributed by atoms with E-state index in [0.717, 1.165) is 5.56 Å². The summed E-state index contributed by atoms with van der Waals surface area (Å²) in [6.07, 6.45) is 4.77. The number of aromatic nitrogens is 6. The number of halogens is 3. The minimum Gasteiger partial charge on any atom is -0.416 e. The summed E-state index contributed by atoms with van der Waals surface area (Å²) in [5.41, 5.74) is 2.46. The van der Waals surface area contributed by atoms with E-state index in [1.54, 1.807) is 48.8 Å². The zero-order valence-corrected chi connectivity index (χ0v) is 22.4. The second-order valence-corrected chi connectivity index (χ2v) is 9.42. The van der Waals surface area contributed by atoms with Crippen LogP contribution in [0, 0.1) is 6.92 Å². The Labute approximate surface area is 236 Å². The van der Waals surface area contributed by atoms with Crippen LogP contribution in [0.4, 0.5) is 5.69 Å². The van der Waals surface area contributed by atoms with Crippen molar-refractivity contribution in [1.29, 1.82) is 0 Å². The molecule has 14 heteroatoms. The largest absolute Gasteiger partial charge is 0.416 e. The summed E-state index contributed by atoms with van der Waals surface area (Å²) >= 11 is 24.1. The quantitative estimate of drug-likeness (QED) is 0.247. The van der Waals surface area contributed by atoms with Crippen LogP contribution in [0.15, 0.2) is 65.5 Å². The molecule has 0 aliphatic carbocycles. The average Bonchev–Trinajstić information content (AvgIpc) is 3.53. The summed E-state index contributed by atoms with van der Waals surface area (Å²) in [5.74, 6) is 0.127. The van der Waals surface area contributed by atoms with E-state index in [4.69, 9.17) is 51.4 Å². The lowest BCUT2D eigenvalue weighted by atomic mass is 10.1. The summed E-state index contributed by atoms with van der Waals surface area (Å²) < 4.78 is 7.12. The van der Waals surface area contributed by atoms with Crippen molar-refractivity contribution in [2.24, 2.45) is 0 Å². The molecule has 0 saturated carbocycles. The maximum atomic E-state index is 13.1. The van der Waals surface area contributed by atoms with Crippen LogP contribution < -0.4 is 10.6 Å². The molecule has 4 heterocycles. The third-order valence-electron chi connectivity index (χ3n) is 5.18. The third kappa shape index (κ3) is 5.36. The van der Waals surface area contributed by atoms with Crippen LogP contribution in [0.1, 0.15) is 16.1 Å². The number of anilines is 1. The van der Waals surface area contributed by atoms with E-state index in [2.05, 4.69) is 35.9 Å². The van der Waals surface area contributed by atoms with Gasteiger partial charge in [0.15, 0.2) is 16.1 Å². The zero-order valence-electron chi connectivity index (χ0n) is 19.3. The Morgan fingerprint density at radius 1 is 1.05 bits per heavy atom. The fraction of sp³-hybridized carbons (Fsp3) is 0.0417. The topological polar surface area (TPSA) is 124 Å². The number of pyridine rings is 2. The minimum atomic E-state index is -0.589. The fourth-order valence-corrected chi connectivity index (χ4v) is 4.38. The Bertz CT molecular complexity index is 1670. The van der Waals surface area contributed by atoms with E-state index in [0.29, 0.717) is 21.8 Å². The van der Waals surface area contributed by atoms with Gasteiger partial charge in [-0.1, -0.05) is 34.8 Å². The highest BCUT2D eigenvalue weighted by molar-refractivity contribution is 7.80. The molecule has 4 aromatic heterocycles. The van der Waals surface area contributed by atoms with E-state index in [1.807, 2.05) is 6.92 Å². The highest BCUT2D eigenvalue weighted by Gasteiger charge is 2.22. The molecule has 2 N–H and O–H groups in total. The van der Waals surface area contributed by atoms with E-state index in [1.165, 1.54) is 16.9 Å². The normalized spacial score (nSPS) is 10.8. The number of aryl methyl sites for hydroxylation is 1. The number of rotatable bonds is 5. The Morgan fingerprint density at radius 2 is 1.84 bits per heavy atom. The summed E-state index contributed by atoms with van der Waals surface area (Å²) in [4.78, 5) is 21.4. The average molecular weight is 586 g/mol. The first-order valence-corrected chi connectivity index (χ1v) is 12.4. The maximum absolute atomic E-state index is 13.1. The molecular weight excluding hydrogens is 571 g/mol. The van der Waals surface area contributed by atoms with Crippen LogP contribution in [0.2, 0.25) is 15.2 Å². The molecule has 0 spiro atoms. The lowest BCUT2D eigenvalue weighted by molar-refractivity contribution is 0.0970. The summed E-state index contributed by atoms with van der Waals surface area (Å²) in [6, 6.07) is 11.6. The van der Waals surface area contributed by atoms with Gasteiger partial charge in [-0.2, -0.15) is 5.10 Å². The predicted octanol–water partition coefficient (Wildman–Crippen LogP) is 5.77. The summed E-state index contributed by atoms with van der Waals surface area (Å²) in [5, 5.41) is 18.8. The molecular formula is C24H15Cl3N8O2S. The minimum absolute atomic E-state index is 0.00957. The van der Waals surface area contributed by atoms with Gasteiger partial charge >= 0.3 is 0 Å². The summed E-state index contributed by atoms with van der Waals surface area (Å²) in [7, 11) is 0. The van der Waals surface area contributed by atoms with E-state index >= 15 is 0 Å². The van der Waals surface area contributed by atoms with Gasteiger partial charge in [-0.15, -0.1) is 10.2 Å². The van der Waals surface area contributed by atoms with Crippen molar-refractivity contribution < 1.29 is 9.21 Å². The van der Waals surface area contributed by atoms with Gasteiger partial charge in [0.25, 0.3) is 5.91 Å². The Hall–Kier alpha value is -3.90. The predicted molar refractivity (Wildman–Crippen MR) is 148 cm³/mol. The van der Waals surface area contributed by atoms with Gasteiger partial charge in [-0.25, -0.2) is 9.67 Å². The van der Waals surface area contributed by atoms with Crippen molar-refractivity contribution in [3.05, 3.63) is 87.5 Å². The van der Waals surface area contributed by atoms with Crippen molar-refractivity contribution in [3.8, 4) is 28.7 Å². The van der Waals surface area contributed by atoms with Crippen molar-refractivity contribution in [2.75, 3.05) is 5.32 Å². The van der Waals surface area contributed by atoms with Gasteiger partial charge in [-0.05, 0) is 61.1 Å². The first-order valence-electron chi connectivity index (χ1n) is 10.8. The van der Waals surface area contributed by atoms with Gasteiger partial charge in [0.1, 0.15) is 5.69 Å². The van der Waals surface area contributed by atoms with Gasteiger partial charge in [0, 0.05) is 29.7 Å². The van der Waals surface area contributed by atoms with Crippen LogP contribution in [-0.4, -0.2) is 41.0 Å². The third-order valence-corrected chi connectivity index (χ3v) is 6.08. The molecule has 0 radical (unpaired) electrons. The van der Waals surface area contributed by atoms with E-state index in [-0.39, 0.29) is 38.6 Å². The number of carbonyl (C=O) groups excluding carboxylic acids is 1. The molecule has 0 unspecified atom stereocenters. The number of thiocarbonyl (C=S) groups is 1. The van der Waals surface area contributed by atoms with Gasteiger partial charge < -0.3 is 9.73 Å². The second-order valence-electron chi connectivity index (χ2n) is 7.78. The standard InChI is InChI=1S/C24H15Cl3N8O2S/c1-12-8-14(25)9-15(23-33-32-22(37-23)13-4-2-6-28-11-13)19(12)30-24(38)31-21(36)17-10-18(27)34-35(17)20-16(26)5-3-7-29-20/h2-11H,1H3,(H2,30,31,36,38). The maximum Gasteiger partial charge on any atom is 0.276 e. The Morgan fingerprint density at radius 3 is 2.61 bits per heavy atom. The van der Waals surface area contributed by atoms with Gasteiger partial charge in [0.05, 0.1) is 21.8 Å². The molecule has 0 aliphatic heterocycles. The molecule has 1 aromatic carbocycles. The molecule has 0 fully saturated rings. The van der Waals surface area contributed by atoms with Crippen molar-refractivity contribution >= 4 is 63.7 Å². The number of amides is 1. The van der Waals surface area contributed by atoms with Crippen molar-refractivity contribution in [2.45, 2.75) is 6.92 Å². The lowest BCUT2D eigenvalue weighted by Crippen LogP contribution is -2.35. The first-order chi connectivity index (χ1) is 18.3. The second kappa shape index (κ2) is 10.8. The zero-order chi connectivity index (χ0) is 26.8. The van der Waals surface area contributed by atoms with E-state index in [9.17, 15) is 4.79 Å². The molecule has 0 saturated heterocycles. The number of nitrogens with zero attached hydrogens (tertiary/aromatic N) is 6. The van der Waals surface area contributed by atoms with Crippen LogP contribution in [0.25, 0.3) is 28.7 Å². The molecule has 0 atom stereocenters. The van der Waals surface area contributed by atoms with Gasteiger partial charge in [-0.3, -0.25) is 15.1 Å². The molecule has 1 amide bonds. The monoisotopic (exact) mass is 584 g/mol. The molecule has 10 nitrogen and oxygen atoms in total. The number of carbonyl (C=O) groups is 1. The van der Waals surface area contributed by atoms with Gasteiger partial charge in [0.2, 0.25) is 11.8 Å². The number of benzene rings is 1. The van der Waals surface area contributed by atoms with Crippen LogP contribution in [0.3, 0.4) is 0 Å². The summed E-state index contributed by atoms with van der Waals surface area (Å²) in [6.45, 7) is 1.82. The van der Waals surface area contributed by atoms with E-state index < -0.39 is 5.91 Å². The molecule has 0 bridgehead atoms. The first kappa shape index (κ1) is 25.7. The van der Waals surface area contributed by atoms with Crippen LogP contribution in [0.5, 0.6) is 0 Å². The van der Waals surface area contributed by atoms with Crippen LogP contribution in [-0.2, 0) is 0 Å². The highest BCUT2D eigenvalue weighted by atomic mass is 35.5. The Balaban J connectivity index is 1.41. The number of hydrogen-bond acceptors (Lipinski definition) is 8. The highest BCUT2D eigenvalue weighted by Crippen LogP contribution is 2.34.